The number of halogens is 1. The summed E-state index contributed by atoms with van der Waals surface area (Å²) in [5.74, 6) is -0.786. The Kier molecular flexibility index (Phi) is 5.65. The number of carboxylic acid groups (broad SMARTS) is 1. The van der Waals surface area contributed by atoms with Gasteiger partial charge in [0.05, 0.1) is 5.69 Å². The van der Waals surface area contributed by atoms with Gasteiger partial charge in [0.15, 0.2) is 0 Å². The quantitative estimate of drug-likeness (QED) is 0.607. The van der Waals surface area contributed by atoms with E-state index in [0.717, 1.165) is 34.5 Å². The third-order valence-corrected chi connectivity index (χ3v) is 6.03. The number of likely N-dealkylation sites (tertiary alicyclic amines) is 1. The number of rotatable bonds is 5. The number of carbonyl (C=O) groups is 1. The lowest BCUT2D eigenvalue weighted by Crippen LogP contribution is -2.37. The number of hydrogen-bond acceptors (Lipinski definition) is 3. The minimum absolute atomic E-state index is 0.0157. The molecule has 1 aliphatic rings. The van der Waals surface area contributed by atoms with E-state index in [0.29, 0.717) is 18.0 Å². The molecule has 4 rings (SSSR count). The van der Waals surface area contributed by atoms with E-state index in [1.54, 1.807) is 0 Å². The molecule has 29 heavy (non-hydrogen) atoms. The van der Waals surface area contributed by atoms with Gasteiger partial charge in [-0.1, -0.05) is 66.2 Å². The Morgan fingerprint density at radius 1 is 1.07 bits per heavy atom. The van der Waals surface area contributed by atoms with Crippen LogP contribution in [0.3, 0.4) is 0 Å². The molecule has 0 amide bonds. The van der Waals surface area contributed by atoms with Gasteiger partial charge in [-0.15, -0.1) is 0 Å². The van der Waals surface area contributed by atoms with Gasteiger partial charge in [-0.05, 0) is 43.0 Å². The smallest absolute Gasteiger partial charge is 0.320 e. The molecule has 2 aromatic carbocycles. The average Bonchev–Trinajstić information content (AvgIpc) is 3.14. The van der Waals surface area contributed by atoms with E-state index in [-0.39, 0.29) is 6.04 Å². The highest BCUT2D eigenvalue weighted by atomic mass is 35.5. The number of carboxylic acids is 1. The van der Waals surface area contributed by atoms with Gasteiger partial charge in [0.1, 0.15) is 6.04 Å². The molecule has 1 aromatic heterocycles. The van der Waals surface area contributed by atoms with Crippen molar-refractivity contribution in [3.63, 3.8) is 0 Å². The van der Waals surface area contributed by atoms with Crippen LogP contribution in [0.5, 0.6) is 0 Å². The molecule has 148 valence electrons. The van der Waals surface area contributed by atoms with Crippen molar-refractivity contribution >= 4 is 17.6 Å². The second-order valence-electron chi connectivity index (χ2n) is 7.45. The monoisotopic (exact) mass is 406 g/mol. The van der Waals surface area contributed by atoms with Crippen molar-refractivity contribution in [3.8, 4) is 11.3 Å². The Balaban J connectivity index is 1.64. The molecule has 0 aliphatic carbocycles. The van der Waals surface area contributed by atoms with Gasteiger partial charge in [0, 0.05) is 28.9 Å². The van der Waals surface area contributed by atoms with E-state index in [9.17, 15) is 9.90 Å². The number of benzene rings is 2. The lowest BCUT2D eigenvalue weighted by molar-refractivity contribution is -0.142. The first kappa shape index (κ1) is 19.6. The molecule has 0 radical (unpaired) electrons. The Bertz CT molecular complexity index is 1020. The summed E-state index contributed by atoms with van der Waals surface area (Å²) in [6.07, 6.45) is 1.38. The molecule has 0 spiro atoms. The van der Waals surface area contributed by atoms with Gasteiger partial charge in [-0.2, -0.15) is 0 Å². The highest BCUT2D eigenvalue weighted by molar-refractivity contribution is 6.31. The fourth-order valence-corrected chi connectivity index (χ4v) is 4.41. The van der Waals surface area contributed by atoms with Crippen molar-refractivity contribution in [2.45, 2.75) is 38.4 Å². The largest absolute Gasteiger partial charge is 0.480 e. The zero-order valence-electron chi connectivity index (χ0n) is 16.3. The van der Waals surface area contributed by atoms with Gasteiger partial charge in [0.25, 0.3) is 0 Å². The molecule has 0 saturated carbocycles. The molecular weight excluding hydrogens is 384 g/mol. The third-order valence-electron chi connectivity index (χ3n) is 5.68. The van der Waals surface area contributed by atoms with Crippen LogP contribution in [0.4, 0.5) is 0 Å². The van der Waals surface area contributed by atoms with Gasteiger partial charge in [-0.25, -0.2) is 0 Å². The molecule has 0 unspecified atom stereocenters. The average molecular weight is 407 g/mol. The van der Waals surface area contributed by atoms with Crippen LogP contribution in [0.15, 0.2) is 66.7 Å². The minimum Gasteiger partial charge on any atom is -0.480 e. The number of nitrogens with zero attached hydrogens (tertiary/aromatic N) is 2. The predicted octanol–water partition coefficient (Wildman–Crippen LogP) is 5.50. The van der Waals surface area contributed by atoms with Gasteiger partial charge in [0.2, 0.25) is 0 Å². The Morgan fingerprint density at radius 2 is 1.79 bits per heavy atom. The second kappa shape index (κ2) is 8.36. The number of aromatic nitrogens is 1. The summed E-state index contributed by atoms with van der Waals surface area (Å²) in [5, 5.41) is 10.5. The van der Waals surface area contributed by atoms with E-state index >= 15 is 0 Å². The van der Waals surface area contributed by atoms with Crippen LogP contribution in [-0.4, -0.2) is 27.0 Å². The second-order valence-corrected chi connectivity index (χ2v) is 7.86. The lowest BCUT2D eigenvalue weighted by Gasteiger charge is -2.29. The predicted molar refractivity (Wildman–Crippen MR) is 115 cm³/mol. The highest BCUT2D eigenvalue weighted by Crippen LogP contribution is 2.40. The van der Waals surface area contributed by atoms with E-state index in [1.165, 1.54) is 0 Å². The molecule has 1 fully saturated rings. The first-order chi connectivity index (χ1) is 14.0. The number of aryl methyl sites for hydroxylation is 1. The Morgan fingerprint density at radius 3 is 2.48 bits per heavy atom. The van der Waals surface area contributed by atoms with Crippen molar-refractivity contribution in [3.05, 3.63) is 88.6 Å². The third kappa shape index (κ3) is 4.04. The standard InChI is InChI=1S/C24H23ClN2O2/c1-16-18(11-12-21(26-16)17-7-3-2-4-8-17)15-27-22(13-14-23(27)24(28)29)19-9-5-6-10-20(19)25/h2-12,22-23H,13-15H2,1H3,(H,28,29)/t22-,23+/m1/s1. The summed E-state index contributed by atoms with van der Waals surface area (Å²) < 4.78 is 0. The van der Waals surface area contributed by atoms with Crippen molar-refractivity contribution in [1.29, 1.82) is 0 Å². The minimum atomic E-state index is -0.786. The Hall–Kier alpha value is -2.69. The van der Waals surface area contributed by atoms with E-state index < -0.39 is 12.0 Å². The van der Waals surface area contributed by atoms with Crippen molar-refractivity contribution in [2.24, 2.45) is 0 Å². The fourth-order valence-electron chi connectivity index (χ4n) is 4.15. The summed E-state index contributed by atoms with van der Waals surface area (Å²) >= 11 is 6.43. The van der Waals surface area contributed by atoms with E-state index in [4.69, 9.17) is 16.6 Å². The number of aliphatic carboxylic acids is 1. The van der Waals surface area contributed by atoms with Gasteiger partial charge in [-0.3, -0.25) is 14.7 Å². The summed E-state index contributed by atoms with van der Waals surface area (Å²) in [4.78, 5) is 18.7. The fraction of sp³-hybridized carbons (Fsp3) is 0.250. The molecule has 4 nitrogen and oxygen atoms in total. The van der Waals surface area contributed by atoms with Crippen LogP contribution in [0.2, 0.25) is 5.02 Å². The van der Waals surface area contributed by atoms with Crippen LogP contribution >= 0.6 is 11.6 Å². The number of hydrogen-bond donors (Lipinski definition) is 1. The van der Waals surface area contributed by atoms with E-state index in [1.807, 2.05) is 67.6 Å². The highest BCUT2D eigenvalue weighted by Gasteiger charge is 2.39. The summed E-state index contributed by atoms with van der Waals surface area (Å²) in [6, 6.07) is 21.3. The lowest BCUT2D eigenvalue weighted by atomic mass is 10.0. The van der Waals surface area contributed by atoms with Crippen molar-refractivity contribution in [1.82, 2.24) is 9.88 Å². The summed E-state index contributed by atoms with van der Waals surface area (Å²) in [6.45, 7) is 2.51. The molecule has 0 bridgehead atoms. The van der Waals surface area contributed by atoms with Crippen LogP contribution in [0.1, 0.15) is 35.7 Å². The molecule has 1 aliphatic heterocycles. The van der Waals surface area contributed by atoms with Crippen LogP contribution in [-0.2, 0) is 11.3 Å². The molecule has 1 N–H and O–H groups in total. The molecule has 2 heterocycles. The molecule has 2 atom stereocenters. The first-order valence-corrected chi connectivity index (χ1v) is 10.2. The summed E-state index contributed by atoms with van der Waals surface area (Å²) in [7, 11) is 0. The molecule has 1 saturated heterocycles. The summed E-state index contributed by atoms with van der Waals surface area (Å²) in [5.41, 5.74) is 4.94. The van der Waals surface area contributed by atoms with Gasteiger partial charge >= 0.3 is 5.97 Å². The zero-order valence-corrected chi connectivity index (χ0v) is 17.0. The maximum absolute atomic E-state index is 11.9. The topological polar surface area (TPSA) is 53.4 Å². The van der Waals surface area contributed by atoms with Crippen LogP contribution in [0.25, 0.3) is 11.3 Å². The van der Waals surface area contributed by atoms with Crippen molar-refractivity contribution < 1.29 is 9.90 Å². The first-order valence-electron chi connectivity index (χ1n) is 9.79. The normalized spacial score (nSPS) is 19.4. The Labute approximate surface area is 175 Å². The molecular formula is C24H23ClN2O2. The van der Waals surface area contributed by atoms with Crippen molar-refractivity contribution in [2.75, 3.05) is 0 Å². The SMILES string of the molecule is Cc1nc(-c2ccccc2)ccc1CN1[C@@H](c2ccccc2Cl)CC[C@H]1C(=O)O. The zero-order chi connectivity index (χ0) is 20.4. The van der Waals surface area contributed by atoms with Crippen LogP contribution < -0.4 is 0 Å². The maximum Gasteiger partial charge on any atom is 0.320 e. The van der Waals surface area contributed by atoms with Crippen LogP contribution in [0, 0.1) is 6.92 Å². The molecule has 5 heteroatoms. The maximum atomic E-state index is 11.9. The molecule has 3 aromatic rings. The van der Waals surface area contributed by atoms with Gasteiger partial charge < -0.3 is 5.11 Å². The number of pyridine rings is 1. The van der Waals surface area contributed by atoms with E-state index in [2.05, 4.69) is 11.0 Å².